The number of piperidine rings is 1. The number of carbonyl (C=O) groups excluding carboxylic acids is 1. The molecule has 116 valence electrons. The maximum absolute atomic E-state index is 13.1. The first-order valence-corrected chi connectivity index (χ1v) is 7.44. The summed E-state index contributed by atoms with van der Waals surface area (Å²) in [4.78, 5) is 13.8. The number of nitrogens with zero attached hydrogens (tertiary/aromatic N) is 1. The first-order valence-electron chi connectivity index (χ1n) is 7.07. The Kier molecular flexibility index (Phi) is 5.06. The average Bonchev–Trinajstić information content (AvgIpc) is 2.44. The van der Waals surface area contributed by atoms with Crippen LogP contribution in [-0.4, -0.2) is 35.2 Å². The minimum Gasteiger partial charge on any atom is -0.391 e. The van der Waals surface area contributed by atoms with Gasteiger partial charge in [-0.2, -0.15) is 0 Å². The number of hydrogen-bond acceptors (Lipinski definition) is 2. The third-order valence-electron chi connectivity index (χ3n) is 3.99. The molecular weight excluding hydrogens is 295 g/mol. The number of β-amino-alcohol motifs (C(OH)–C–C–N with tert-alkyl or cyclic N) is 1. The highest BCUT2D eigenvalue weighted by atomic mass is 35.5. The van der Waals surface area contributed by atoms with Crippen LogP contribution >= 0.6 is 11.6 Å². The molecule has 21 heavy (non-hydrogen) atoms. The summed E-state index contributed by atoms with van der Waals surface area (Å²) in [6.07, 6.45) is 0.297. The number of aliphatic hydroxyl groups is 1. The fourth-order valence-electron chi connectivity index (χ4n) is 2.37. The van der Waals surface area contributed by atoms with Gasteiger partial charge in [0.1, 0.15) is 5.82 Å². The number of benzene rings is 1. The molecule has 0 aliphatic carbocycles. The second kappa shape index (κ2) is 6.62. The van der Waals surface area contributed by atoms with Crippen LogP contribution in [0.2, 0.25) is 5.02 Å². The lowest BCUT2D eigenvalue weighted by atomic mass is 9.96. The van der Waals surface area contributed by atoms with Crippen molar-refractivity contribution in [2.45, 2.75) is 32.4 Å². The molecule has 0 radical (unpaired) electrons. The van der Waals surface area contributed by atoms with Crippen LogP contribution in [0.4, 0.5) is 9.18 Å². The molecule has 1 fully saturated rings. The Bertz CT molecular complexity index is 526. The zero-order chi connectivity index (χ0) is 15.6. The first-order chi connectivity index (χ1) is 9.88. The summed E-state index contributed by atoms with van der Waals surface area (Å²) in [7, 11) is 0. The normalized spacial score (nSPS) is 23.8. The molecule has 1 aromatic carbocycles. The minimum absolute atomic E-state index is 0.0378. The molecule has 0 aromatic heterocycles. The van der Waals surface area contributed by atoms with Crippen molar-refractivity contribution < 1.29 is 14.3 Å². The summed E-state index contributed by atoms with van der Waals surface area (Å²) in [6, 6.07) is 3.88. The summed E-state index contributed by atoms with van der Waals surface area (Å²) in [5.41, 5.74) is 0.737. The Morgan fingerprint density at radius 1 is 1.57 bits per heavy atom. The number of urea groups is 1. The Labute approximate surface area is 128 Å². The van der Waals surface area contributed by atoms with Crippen molar-refractivity contribution >= 4 is 17.6 Å². The molecule has 2 N–H and O–H groups in total. The van der Waals surface area contributed by atoms with E-state index in [1.54, 1.807) is 11.0 Å². The van der Waals surface area contributed by atoms with E-state index in [0.29, 0.717) is 13.1 Å². The predicted molar refractivity (Wildman–Crippen MR) is 79.7 cm³/mol. The predicted octanol–water partition coefficient (Wildman–Crippen LogP) is 2.95. The van der Waals surface area contributed by atoms with Crippen LogP contribution in [0.3, 0.4) is 0 Å². The van der Waals surface area contributed by atoms with Gasteiger partial charge in [0.05, 0.1) is 17.2 Å². The Morgan fingerprint density at radius 2 is 2.29 bits per heavy atom. The number of amides is 2. The topological polar surface area (TPSA) is 52.6 Å². The van der Waals surface area contributed by atoms with Gasteiger partial charge in [-0.25, -0.2) is 9.18 Å². The van der Waals surface area contributed by atoms with E-state index in [9.17, 15) is 14.3 Å². The molecule has 1 saturated heterocycles. The van der Waals surface area contributed by atoms with Gasteiger partial charge in [-0.05, 0) is 37.0 Å². The quantitative estimate of drug-likeness (QED) is 0.882. The van der Waals surface area contributed by atoms with Crippen LogP contribution in [0.25, 0.3) is 0 Å². The van der Waals surface area contributed by atoms with Gasteiger partial charge in [0.15, 0.2) is 0 Å². The van der Waals surface area contributed by atoms with Gasteiger partial charge >= 0.3 is 6.03 Å². The van der Waals surface area contributed by atoms with Crippen molar-refractivity contribution in [2.75, 3.05) is 13.1 Å². The first kappa shape index (κ1) is 16.0. The van der Waals surface area contributed by atoms with E-state index in [1.165, 1.54) is 12.1 Å². The molecule has 1 heterocycles. The number of aliphatic hydroxyl groups excluding tert-OH is 1. The molecule has 1 aliphatic rings. The molecule has 6 heteroatoms. The van der Waals surface area contributed by atoms with E-state index in [2.05, 4.69) is 5.32 Å². The van der Waals surface area contributed by atoms with Crippen molar-refractivity contribution in [3.05, 3.63) is 34.6 Å². The molecule has 0 saturated carbocycles. The van der Waals surface area contributed by atoms with Crippen LogP contribution in [0.1, 0.15) is 31.9 Å². The molecule has 3 atom stereocenters. The van der Waals surface area contributed by atoms with Crippen LogP contribution < -0.4 is 5.32 Å². The van der Waals surface area contributed by atoms with Crippen molar-refractivity contribution in [1.82, 2.24) is 10.2 Å². The summed E-state index contributed by atoms with van der Waals surface area (Å²) in [5.74, 6) is -0.269. The lowest BCUT2D eigenvalue weighted by Crippen LogP contribution is -2.50. The van der Waals surface area contributed by atoms with E-state index in [0.717, 1.165) is 12.0 Å². The molecular formula is C15H20ClFN2O2. The second-order valence-electron chi connectivity index (χ2n) is 5.62. The highest BCUT2D eigenvalue weighted by Gasteiger charge is 2.27. The van der Waals surface area contributed by atoms with Crippen LogP contribution in [-0.2, 0) is 0 Å². The van der Waals surface area contributed by atoms with Crippen LogP contribution in [0, 0.1) is 11.7 Å². The van der Waals surface area contributed by atoms with Gasteiger partial charge < -0.3 is 15.3 Å². The third-order valence-corrected chi connectivity index (χ3v) is 4.28. The molecule has 1 aromatic rings. The summed E-state index contributed by atoms with van der Waals surface area (Å²) >= 11 is 5.75. The number of rotatable bonds is 2. The molecule has 0 spiro atoms. The molecule has 3 unspecified atom stereocenters. The second-order valence-corrected chi connectivity index (χ2v) is 6.03. The van der Waals surface area contributed by atoms with E-state index in [1.807, 2.05) is 13.8 Å². The van der Waals surface area contributed by atoms with Gasteiger partial charge in [-0.3, -0.25) is 0 Å². The average molecular weight is 315 g/mol. The van der Waals surface area contributed by atoms with Crippen LogP contribution in [0.15, 0.2) is 18.2 Å². The fraction of sp³-hybridized carbons (Fsp3) is 0.533. The van der Waals surface area contributed by atoms with E-state index in [-0.39, 0.29) is 23.0 Å². The number of carbonyl (C=O) groups is 1. The van der Waals surface area contributed by atoms with Crippen molar-refractivity contribution in [2.24, 2.45) is 5.92 Å². The standard InChI is InChI=1S/C15H20ClFN2O2/c1-9-5-6-19(8-14(9)20)15(21)18-10(2)11-3-4-13(17)12(16)7-11/h3-4,7,9-10,14,20H,5-6,8H2,1-2H3,(H,18,21). The van der Waals surface area contributed by atoms with Gasteiger partial charge in [-0.15, -0.1) is 0 Å². The number of nitrogens with one attached hydrogen (secondary N) is 1. The Hall–Kier alpha value is -1.33. The zero-order valence-corrected chi connectivity index (χ0v) is 12.9. The number of hydrogen-bond donors (Lipinski definition) is 2. The number of halogens is 2. The molecule has 4 nitrogen and oxygen atoms in total. The van der Waals surface area contributed by atoms with Gasteiger partial charge in [0, 0.05) is 13.1 Å². The highest BCUT2D eigenvalue weighted by molar-refractivity contribution is 6.30. The molecule has 2 rings (SSSR count). The maximum atomic E-state index is 13.1. The third kappa shape index (κ3) is 3.86. The molecule has 1 aliphatic heterocycles. The summed E-state index contributed by atoms with van der Waals surface area (Å²) < 4.78 is 13.1. The lowest BCUT2D eigenvalue weighted by Gasteiger charge is -2.35. The zero-order valence-electron chi connectivity index (χ0n) is 12.1. The van der Waals surface area contributed by atoms with Gasteiger partial charge in [0.25, 0.3) is 0 Å². The van der Waals surface area contributed by atoms with E-state index in [4.69, 9.17) is 11.6 Å². The highest BCUT2D eigenvalue weighted by Crippen LogP contribution is 2.22. The fourth-order valence-corrected chi connectivity index (χ4v) is 2.56. The Morgan fingerprint density at radius 3 is 2.90 bits per heavy atom. The largest absolute Gasteiger partial charge is 0.391 e. The molecule has 0 bridgehead atoms. The maximum Gasteiger partial charge on any atom is 0.317 e. The summed E-state index contributed by atoms with van der Waals surface area (Å²) in [6.45, 7) is 4.75. The van der Waals surface area contributed by atoms with Crippen molar-refractivity contribution in [3.63, 3.8) is 0 Å². The summed E-state index contributed by atoms with van der Waals surface area (Å²) in [5, 5.41) is 12.7. The monoisotopic (exact) mass is 314 g/mol. The number of likely N-dealkylation sites (tertiary alicyclic amines) is 1. The van der Waals surface area contributed by atoms with Crippen molar-refractivity contribution in [1.29, 1.82) is 0 Å². The minimum atomic E-state index is -0.486. The van der Waals surface area contributed by atoms with E-state index < -0.39 is 11.9 Å². The smallest absolute Gasteiger partial charge is 0.317 e. The van der Waals surface area contributed by atoms with Gasteiger partial charge in [-0.1, -0.05) is 24.6 Å². The van der Waals surface area contributed by atoms with Gasteiger partial charge in [0.2, 0.25) is 0 Å². The van der Waals surface area contributed by atoms with Crippen molar-refractivity contribution in [3.8, 4) is 0 Å². The van der Waals surface area contributed by atoms with E-state index >= 15 is 0 Å². The molecule has 2 amide bonds. The SMILES string of the molecule is CC(NC(=O)N1CCC(C)C(O)C1)c1ccc(F)c(Cl)c1. The lowest BCUT2D eigenvalue weighted by molar-refractivity contribution is 0.0431. The van der Waals surface area contributed by atoms with Crippen LogP contribution in [0.5, 0.6) is 0 Å². The Balaban J connectivity index is 1.97.